The summed E-state index contributed by atoms with van der Waals surface area (Å²) in [5.41, 5.74) is 5.58. The molecular weight excluding hydrogens is 392 g/mol. The number of benzene rings is 2. The maximum Gasteiger partial charge on any atom is 0.139 e. The van der Waals surface area contributed by atoms with Crippen molar-refractivity contribution in [1.82, 2.24) is 0 Å². The highest BCUT2D eigenvalue weighted by Gasteiger charge is 2.54. The molecule has 5 rings (SSSR count). The molecule has 0 bridgehead atoms. The fourth-order valence-electron chi connectivity index (χ4n) is 6.99. The third kappa shape index (κ3) is 3.72. The summed E-state index contributed by atoms with van der Waals surface area (Å²) in [5.74, 6) is 3.41. The van der Waals surface area contributed by atoms with Crippen LogP contribution in [0.3, 0.4) is 0 Å². The first-order valence-corrected chi connectivity index (χ1v) is 12.5. The normalized spacial score (nSPS) is 30.3. The van der Waals surface area contributed by atoms with Crippen molar-refractivity contribution >= 4 is 5.78 Å². The van der Waals surface area contributed by atoms with Crippen molar-refractivity contribution in [1.29, 1.82) is 0 Å². The van der Waals surface area contributed by atoms with Gasteiger partial charge in [0.1, 0.15) is 17.6 Å². The van der Waals surface area contributed by atoms with Crippen LogP contribution in [0.15, 0.2) is 60.2 Å². The van der Waals surface area contributed by atoms with Crippen molar-refractivity contribution in [2.45, 2.75) is 77.7 Å². The second-order valence-corrected chi connectivity index (χ2v) is 10.5. The SMILES string of the molecule is CC=C(Cc1ccccc1)C(C)Oc1ccc2c(c1)CC[C@@H]1[C@@H]2CC[C@]2(C)C(=O)CC[C@@H]12. The van der Waals surface area contributed by atoms with Crippen LogP contribution in [-0.2, 0) is 17.6 Å². The van der Waals surface area contributed by atoms with Gasteiger partial charge >= 0.3 is 0 Å². The van der Waals surface area contributed by atoms with Crippen molar-refractivity contribution in [3.8, 4) is 5.75 Å². The molecule has 3 aliphatic carbocycles. The third-order valence-electron chi connectivity index (χ3n) is 8.86. The molecule has 2 aromatic carbocycles. The summed E-state index contributed by atoms with van der Waals surface area (Å²) in [6.07, 6.45) is 9.64. The van der Waals surface area contributed by atoms with Crippen LogP contribution in [0, 0.1) is 17.3 Å². The van der Waals surface area contributed by atoms with Gasteiger partial charge in [-0.2, -0.15) is 0 Å². The van der Waals surface area contributed by atoms with E-state index in [9.17, 15) is 4.79 Å². The summed E-state index contributed by atoms with van der Waals surface area (Å²) in [5, 5.41) is 0. The summed E-state index contributed by atoms with van der Waals surface area (Å²) < 4.78 is 6.43. The molecule has 2 fully saturated rings. The zero-order valence-corrected chi connectivity index (χ0v) is 19.8. The molecule has 168 valence electrons. The number of hydrogen-bond donors (Lipinski definition) is 0. The number of allylic oxidation sites excluding steroid dienone is 1. The van der Waals surface area contributed by atoms with Crippen LogP contribution in [0.25, 0.3) is 0 Å². The van der Waals surface area contributed by atoms with Crippen molar-refractivity contribution in [2.75, 3.05) is 0 Å². The Labute approximate surface area is 193 Å². The van der Waals surface area contributed by atoms with Crippen molar-refractivity contribution in [3.63, 3.8) is 0 Å². The minimum atomic E-state index is -0.0429. The van der Waals surface area contributed by atoms with Gasteiger partial charge in [0.05, 0.1) is 0 Å². The van der Waals surface area contributed by atoms with Crippen LogP contribution in [0.2, 0.25) is 0 Å². The van der Waals surface area contributed by atoms with Gasteiger partial charge in [0.15, 0.2) is 0 Å². The lowest BCUT2D eigenvalue weighted by Gasteiger charge is -2.48. The summed E-state index contributed by atoms with van der Waals surface area (Å²) in [6, 6.07) is 17.4. The first-order valence-electron chi connectivity index (χ1n) is 12.5. The van der Waals surface area contributed by atoms with E-state index < -0.39 is 0 Å². The lowest BCUT2D eigenvalue weighted by atomic mass is 9.55. The minimum Gasteiger partial charge on any atom is -0.486 e. The van der Waals surface area contributed by atoms with Gasteiger partial charge in [-0.25, -0.2) is 0 Å². The molecule has 5 atom stereocenters. The van der Waals surface area contributed by atoms with Crippen molar-refractivity contribution < 1.29 is 9.53 Å². The van der Waals surface area contributed by atoms with E-state index in [1.807, 2.05) is 0 Å². The molecule has 2 saturated carbocycles. The van der Waals surface area contributed by atoms with Gasteiger partial charge in [-0.15, -0.1) is 0 Å². The number of rotatable bonds is 5. The second kappa shape index (κ2) is 8.54. The van der Waals surface area contributed by atoms with Crippen LogP contribution in [0.1, 0.15) is 75.5 Å². The van der Waals surface area contributed by atoms with Crippen LogP contribution in [0.4, 0.5) is 0 Å². The highest BCUT2D eigenvalue weighted by atomic mass is 16.5. The molecule has 1 unspecified atom stereocenters. The number of fused-ring (bicyclic) bond motifs is 5. The lowest BCUT2D eigenvalue weighted by Crippen LogP contribution is -2.42. The molecule has 2 nitrogen and oxygen atoms in total. The zero-order chi connectivity index (χ0) is 22.3. The second-order valence-electron chi connectivity index (χ2n) is 10.5. The predicted molar refractivity (Wildman–Crippen MR) is 130 cm³/mol. The molecule has 0 heterocycles. The predicted octanol–water partition coefficient (Wildman–Crippen LogP) is 7.07. The summed E-state index contributed by atoms with van der Waals surface area (Å²) in [4.78, 5) is 12.6. The molecule has 2 heteroatoms. The van der Waals surface area contributed by atoms with Crippen LogP contribution >= 0.6 is 0 Å². The first kappa shape index (κ1) is 21.5. The van der Waals surface area contributed by atoms with Crippen molar-refractivity contribution in [3.05, 3.63) is 76.9 Å². The molecule has 0 N–H and O–H groups in total. The van der Waals surface area contributed by atoms with E-state index in [1.54, 1.807) is 0 Å². The van der Waals surface area contributed by atoms with E-state index in [0.717, 1.165) is 44.3 Å². The largest absolute Gasteiger partial charge is 0.486 e. The number of carbonyl (C=O) groups excluding carboxylic acids is 1. The van der Waals surface area contributed by atoms with Gasteiger partial charge in [0, 0.05) is 11.8 Å². The summed E-state index contributed by atoms with van der Waals surface area (Å²) in [6.45, 7) is 6.52. The number of Topliss-reactive ketones (excluding diaryl/α,β-unsaturated/α-hetero) is 1. The average Bonchev–Trinajstić information content (AvgIpc) is 3.12. The molecule has 0 radical (unpaired) electrons. The van der Waals surface area contributed by atoms with Crippen LogP contribution in [-0.4, -0.2) is 11.9 Å². The quantitative estimate of drug-likeness (QED) is 0.476. The Balaban J connectivity index is 1.31. The molecule has 0 spiro atoms. The number of carbonyl (C=O) groups is 1. The van der Waals surface area contributed by atoms with E-state index >= 15 is 0 Å². The molecule has 0 aliphatic heterocycles. The van der Waals surface area contributed by atoms with Gasteiger partial charge in [0.25, 0.3) is 0 Å². The Morgan fingerprint density at radius 2 is 1.94 bits per heavy atom. The lowest BCUT2D eigenvalue weighted by molar-refractivity contribution is -0.129. The number of ether oxygens (including phenoxy) is 1. The Hall–Kier alpha value is -2.35. The van der Waals surface area contributed by atoms with Gasteiger partial charge in [-0.3, -0.25) is 4.79 Å². The molecule has 3 aliphatic rings. The smallest absolute Gasteiger partial charge is 0.139 e. The monoisotopic (exact) mass is 428 g/mol. The van der Waals surface area contributed by atoms with E-state index in [0.29, 0.717) is 23.5 Å². The van der Waals surface area contributed by atoms with E-state index in [1.165, 1.54) is 28.7 Å². The molecular formula is C30H36O2. The maximum atomic E-state index is 12.6. The Bertz CT molecular complexity index is 1020. The Morgan fingerprint density at radius 1 is 1.12 bits per heavy atom. The molecule has 0 amide bonds. The van der Waals surface area contributed by atoms with E-state index in [4.69, 9.17) is 4.74 Å². The van der Waals surface area contributed by atoms with Crippen LogP contribution in [0.5, 0.6) is 5.75 Å². The molecule has 0 saturated heterocycles. The van der Waals surface area contributed by atoms with E-state index in [-0.39, 0.29) is 11.5 Å². The zero-order valence-electron chi connectivity index (χ0n) is 19.8. The standard InChI is InChI=1S/C30H36O2/c1-4-22(18-21-8-6-5-7-9-21)20(2)32-24-11-13-25-23(19-24)10-12-27-26(25)16-17-30(3)28(27)14-15-29(30)31/h4-9,11,13,19-20,26-28H,10,12,14-18H2,1-3H3/t20?,26-,27-,28+,30+/m1/s1. The Morgan fingerprint density at radius 3 is 2.72 bits per heavy atom. The van der Waals surface area contributed by atoms with Crippen molar-refractivity contribution in [2.24, 2.45) is 17.3 Å². The third-order valence-corrected chi connectivity index (χ3v) is 8.86. The first-order chi connectivity index (χ1) is 15.5. The van der Waals surface area contributed by atoms with Crippen LogP contribution < -0.4 is 4.74 Å². The highest BCUT2D eigenvalue weighted by Crippen LogP contribution is 2.59. The number of ketones is 1. The highest BCUT2D eigenvalue weighted by molar-refractivity contribution is 5.87. The number of hydrogen-bond acceptors (Lipinski definition) is 2. The van der Waals surface area contributed by atoms with Gasteiger partial charge in [-0.05, 0) is 105 Å². The molecule has 32 heavy (non-hydrogen) atoms. The van der Waals surface area contributed by atoms with E-state index in [2.05, 4.69) is 75.4 Å². The Kier molecular flexibility index (Phi) is 5.73. The summed E-state index contributed by atoms with van der Waals surface area (Å²) >= 11 is 0. The minimum absolute atomic E-state index is 0.0429. The molecule has 0 aromatic heterocycles. The number of aryl methyl sites for hydroxylation is 1. The van der Waals surface area contributed by atoms with Gasteiger partial charge in [-0.1, -0.05) is 49.4 Å². The average molecular weight is 429 g/mol. The molecule has 2 aromatic rings. The maximum absolute atomic E-state index is 12.6. The fraction of sp³-hybridized carbons (Fsp3) is 0.500. The van der Waals surface area contributed by atoms with Gasteiger partial charge in [0.2, 0.25) is 0 Å². The topological polar surface area (TPSA) is 26.3 Å². The fourth-order valence-corrected chi connectivity index (χ4v) is 6.99. The van der Waals surface area contributed by atoms with Gasteiger partial charge < -0.3 is 4.74 Å². The summed E-state index contributed by atoms with van der Waals surface area (Å²) in [7, 11) is 0.